The lowest BCUT2D eigenvalue weighted by Gasteiger charge is -2.37. The predicted molar refractivity (Wildman–Crippen MR) is 69.2 cm³/mol. The van der Waals surface area contributed by atoms with E-state index in [1.54, 1.807) is 4.90 Å². The van der Waals surface area contributed by atoms with Crippen LogP contribution >= 0.6 is 0 Å². The number of aromatic nitrogens is 1. The van der Waals surface area contributed by atoms with Crippen molar-refractivity contribution in [3.8, 4) is 6.07 Å². The Morgan fingerprint density at radius 2 is 2.50 bits per heavy atom. The van der Waals surface area contributed by atoms with Gasteiger partial charge in [0, 0.05) is 12.7 Å². The Morgan fingerprint density at radius 1 is 1.75 bits per heavy atom. The molecule has 1 aromatic rings. The van der Waals surface area contributed by atoms with E-state index in [0.29, 0.717) is 13.2 Å². The van der Waals surface area contributed by atoms with Crippen LogP contribution < -0.4 is 4.90 Å². The molecule has 1 saturated heterocycles. The quantitative estimate of drug-likeness (QED) is 0.630. The zero-order valence-electron chi connectivity index (χ0n) is 10.9. The first-order chi connectivity index (χ1) is 9.58. The Bertz CT molecular complexity index is 557. The molecule has 0 aromatic carbocycles. The number of nitro groups is 1. The molecule has 0 saturated carbocycles. The van der Waals surface area contributed by atoms with Crippen LogP contribution in [0.25, 0.3) is 0 Å². The summed E-state index contributed by atoms with van der Waals surface area (Å²) in [6, 6.07) is 3.00. The largest absolute Gasteiger partial charge is 0.394 e. The number of rotatable bonds is 3. The van der Waals surface area contributed by atoms with Crippen LogP contribution in [-0.4, -0.2) is 46.9 Å². The number of morpholine rings is 1. The Kier molecular flexibility index (Phi) is 4.12. The van der Waals surface area contributed by atoms with E-state index < -0.39 is 11.0 Å². The van der Waals surface area contributed by atoms with E-state index in [1.165, 1.54) is 12.3 Å². The lowest BCUT2D eigenvalue weighted by Crippen LogP contribution is -2.50. The molecule has 1 N–H and O–H groups in total. The van der Waals surface area contributed by atoms with Crippen LogP contribution in [0.1, 0.15) is 12.5 Å². The highest BCUT2D eigenvalue weighted by atomic mass is 16.6. The van der Waals surface area contributed by atoms with E-state index in [2.05, 4.69) is 4.98 Å². The summed E-state index contributed by atoms with van der Waals surface area (Å²) in [6.07, 6.45) is 0.954. The van der Waals surface area contributed by atoms with Crippen LogP contribution in [0.15, 0.2) is 12.3 Å². The summed E-state index contributed by atoms with van der Waals surface area (Å²) < 4.78 is 5.39. The van der Waals surface area contributed by atoms with Gasteiger partial charge in [0.2, 0.25) is 5.82 Å². The van der Waals surface area contributed by atoms with Crippen molar-refractivity contribution in [1.29, 1.82) is 5.26 Å². The minimum absolute atomic E-state index is 0.0285. The van der Waals surface area contributed by atoms with Crippen molar-refractivity contribution < 1.29 is 14.8 Å². The Hall–Kier alpha value is -2.24. The molecule has 2 rings (SSSR count). The predicted octanol–water partition coefficient (Wildman–Crippen LogP) is 0.447. The number of nitrogens with zero attached hydrogens (tertiary/aromatic N) is 4. The average molecular weight is 278 g/mol. The zero-order chi connectivity index (χ0) is 14.7. The number of aliphatic hydroxyl groups excluding tert-OH is 1. The highest BCUT2D eigenvalue weighted by molar-refractivity contribution is 5.66. The van der Waals surface area contributed by atoms with Gasteiger partial charge in [-0.25, -0.2) is 4.98 Å². The van der Waals surface area contributed by atoms with Gasteiger partial charge in [-0.3, -0.25) is 10.1 Å². The molecule has 20 heavy (non-hydrogen) atoms. The molecule has 0 spiro atoms. The third-order valence-corrected chi connectivity index (χ3v) is 3.19. The van der Waals surface area contributed by atoms with Crippen molar-refractivity contribution in [3.63, 3.8) is 0 Å². The molecule has 0 radical (unpaired) electrons. The molecule has 0 bridgehead atoms. The summed E-state index contributed by atoms with van der Waals surface area (Å²) in [5.41, 5.74) is -0.334. The molecule has 0 aliphatic carbocycles. The molecule has 1 aliphatic rings. The molecule has 1 fully saturated rings. The van der Waals surface area contributed by atoms with Gasteiger partial charge in [0.1, 0.15) is 11.6 Å². The van der Waals surface area contributed by atoms with Gasteiger partial charge < -0.3 is 14.7 Å². The molecule has 2 unspecified atom stereocenters. The maximum absolute atomic E-state index is 11.2. The van der Waals surface area contributed by atoms with Crippen molar-refractivity contribution in [2.45, 2.75) is 19.1 Å². The van der Waals surface area contributed by atoms with Gasteiger partial charge in [0.15, 0.2) is 0 Å². The summed E-state index contributed by atoms with van der Waals surface area (Å²) in [4.78, 5) is 16.4. The molecule has 8 heteroatoms. The lowest BCUT2D eigenvalue weighted by atomic mass is 10.1. The fourth-order valence-corrected chi connectivity index (χ4v) is 2.15. The monoisotopic (exact) mass is 278 g/mol. The highest BCUT2D eigenvalue weighted by Gasteiger charge is 2.33. The summed E-state index contributed by atoms with van der Waals surface area (Å²) in [6.45, 7) is 2.30. The number of anilines is 1. The van der Waals surface area contributed by atoms with Gasteiger partial charge in [-0.2, -0.15) is 5.26 Å². The van der Waals surface area contributed by atoms with Crippen molar-refractivity contribution in [3.05, 3.63) is 27.9 Å². The topological polar surface area (TPSA) is 113 Å². The van der Waals surface area contributed by atoms with Crippen LogP contribution in [0.3, 0.4) is 0 Å². The zero-order valence-corrected chi connectivity index (χ0v) is 10.9. The Balaban J connectivity index is 2.46. The average Bonchev–Trinajstić information content (AvgIpc) is 2.46. The van der Waals surface area contributed by atoms with E-state index >= 15 is 0 Å². The van der Waals surface area contributed by atoms with Crippen LogP contribution in [0.2, 0.25) is 0 Å². The standard InChI is InChI=1S/C12H14N4O4/c1-8-7-20-10(6-17)5-15(8)12-11(16(18)19)9(4-13)2-3-14-12/h2-3,8,10,17H,5-7H2,1H3. The van der Waals surface area contributed by atoms with Crippen LogP contribution in [0.5, 0.6) is 0 Å². The van der Waals surface area contributed by atoms with Gasteiger partial charge in [-0.1, -0.05) is 0 Å². The molecule has 106 valence electrons. The molecule has 1 aromatic heterocycles. The second kappa shape index (κ2) is 5.81. The van der Waals surface area contributed by atoms with Crippen LogP contribution in [0.4, 0.5) is 11.5 Å². The summed E-state index contributed by atoms with van der Waals surface area (Å²) >= 11 is 0. The van der Waals surface area contributed by atoms with Crippen molar-refractivity contribution >= 4 is 11.5 Å². The van der Waals surface area contributed by atoms with E-state index in [4.69, 9.17) is 15.1 Å². The Morgan fingerprint density at radius 3 is 3.10 bits per heavy atom. The number of hydrogen-bond donors (Lipinski definition) is 1. The molecule has 2 heterocycles. The SMILES string of the molecule is CC1COC(CO)CN1c1nccc(C#N)c1[N+](=O)[O-]. The van der Waals surface area contributed by atoms with Crippen molar-refractivity contribution in [2.75, 3.05) is 24.7 Å². The smallest absolute Gasteiger partial charge is 0.329 e. The van der Waals surface area contributed by atoms with E-state index in [1.807, 2.05) is 13.0 Å². The van der Waals surface area contributed by atoms with E-state index in [9.17, 15) is 10.1 Å². The number of pyridine rings is 1. The van der Waals surface area contributed by atoms with Crippen LogP contribution in [-0.2, 0) is 4.74 Å². The Labute approximate surface area is 115 Å². The first-order valence-corrected chi connectivity index (χ1v) is 6.11. The maximum Gasteiger partial charge on any atom is 0.329 e. The van der Waals surface area contributed by atoms with Gasteiger partial charge in [0.25, 0.3) is 0 Å². The van der Waals surface area contributed by atoms with Gasteiger partial charge in [-0.15, -0.1) is 0 Å². The third kappa shape index (κ3) is 2.54. The van der Waals surface area contributed by atoms with E-state index in [-0.39, 0.29) is 29.7 Å². The third-order valence-electron chi connectivity index (χ3n) is 3.19. The first kappa shape index (κ1) is 14.2. The normalized spacial score (nSPS) is 22.4. The lowest BCUT2D eigenvalue weighted by molar-refractivity contribution is -0.384. The fraction of sp³-hybridized carbons (Fsp3) is 0.500. The highest BCUT2D eigenvalue weighted by Crippen LogP contribution is 2.31. The second-order valence-corrected chi connectivity index (χ2v) is 4.54. The number of hydrogen-bond acceptors (Lipinski definition) is 7. The van der Waals surface area contributed by atoms with Gasteiger partial charge >= 0.3 is 5.69 Å². The molecule has 0 amide bonds. The minimum Gasteiger partial charge on any atom is -0.394 e. The fourth-order valence-electron chi connectivity index (χ4n) is 2.15. The van der Waals surface area contributed by atoms with Crippen LogP contribution in [0, 0.1) is 21.4 Å². The van der Waals surface area contributed by atoms with Crippen molar-refractivity contribution in [2.24, 2.45) is 0 Å². The molecule has 8 nitrogen and oxygen atoms in total. The maximum atomic E-state index is 11.2. The van der Waals surface area contributed by atoms with Crippen molar-refractivity contribution in [1.82, 2.24) is 4.98 Å². The van der Waals surface area contributed by atoms with Gasteiger partial charge in [-0.05, 0) is 13.0 Å². The molecular formula is C12H14N4O4. The molecule has 2 atom stereocenters. The van der Waals surface area contributed by atoms with Gasteiger partial charge in [0.05, 0.1) is 30.3 Å². The number of ether oxygens (including phenoxy) is 1. The minimum atomic E-state index is -0.600. The molecule has 1 aliphatic heterocycles. The number of aliphatic hydroxyl groups is 1. The summed E-state index contributed by atoms with van der Waals surface area (Å²) in [5, 5.41) is 29.4. The summed E-state index contributed by atoms with van der Waals surface area (Å²) in [5.74, 6) is 0.142. The first-order valence-electron chi connectivity index (χ1n) is 6.11. The van der Waals surface area contributed by atoms with E-state index in [0.717, 1.165) is 0 Å². The molecular weight excluding hydrogens is 264 g/mol. The number of nitriles is 1. The second-order valence-electron chi connectivity index (χ2n) is 4.54. The summed E-state index contributed by atoms with van der Waals surface area (Å²) in [7, 11) is 0.